The number of amidine groups is 2. The predicted molar refractivity (Wildman–Crippen MR) is 124 cm³/mol. The highest BCUT2D eigenvalue weighted by atomic mass is 32.2. The van der Waals surface area contributed by atoms with Gasteiger partial charge < -0.3 is 9.47 Å². The minimum Gasteiger partial charge on any atom is -0.493 e. The Kier molecular flexibility index (Phi) is 6.10. The van der Waals surface area contributed by atoms with Crippen LogP contribution in [0.15, 0.2) is 58.1 Å². The van der Waals surface area contributed by atoms with Gasteiger partial charge in [-0.2, -0.15) is 15.1 Å². The Morgan fingerprint density at radius 2 is 1.91 bits per heavy atom. The molecule has 10 heteroatoms. The maximum absolute atomic E-state index is 13.1. The number of carbonyl (C=O) groups excluding carboxylic acids is 2. The summed E-state index contributed by atoms with van der Waals surface area (Å²) in [5.41, 5.74) is 0.802. The number of ether oxygens (including phenoxy) is 2. The van der Waals surface area contributed by atoms with Gasteiger partial charge in [-0.15, -0.1) is 0 Å². The lowest BCUT2D eigenvalue weighted by Crippen LogP contribution is -2.35. The maximum Gasteiger partial charge on any atom is 0.343 e. The molecule has 0 bridgehead atoms. The Morgan fingerprint density at radius 1 is 1.18 bits per heavy atom. The van der Waals surface area contributed by atoms with Gasteiger partial charge in [-0.25, -0.2) is 9.18 Å². The molecule has 0 aliphatic carbocycles. The normalized spacial score (nSPS) is 16.6. The molecule has 4 rings (SSSR count). The highest BCUT2D eigenvalue weighted by Crippen LogP contribution is 2.33. The summed E-state index contributed by atoms with van der Waals surface area (Å²) in [6, 6.07) is 9.68. The lowest BCUT2D eigenvalue weighted by molar-refractivity contribution is -0.114. The highest BCUT2D eigenvalue weighted by molar-refractivity contribution is 8.27. The van der Waals surface area contributed by atoms with Crippen LogP contribution in [0.3, 0.4) is 0 Å². The van der Waals surface area contributed by atoms with E-state index in [0.717, 1.165) is 5.04 Å². The van der Waals surface area contributed by atoms with Crippen molar-refractivity contribution in [3.63, 3.8) is 0 Å². The fourth-order valence-corrected chi connectivity index (χ4v) is 3.90. The van der Waals surface area contributed by atoms with E-state index in [9.17, 15) is 14.0 Å². The van der Waals surface area contributed by atoms with Crippen LogP contribution in [0.5, 0.6) is 11.5 Å². The molecule has 0 aromatic heterocycles. The van der Waals surface area contributed by atoms with Crippen molar-refractivity contribution in [1.82, 2.24) is 5.01 Å². The average molecular weight is 466 g/mol. The monoisotopic (exact) mass is 466 g/mol. The number of benzene rings is 2. The molecule has 2 aliphatic heterocycles. The molecule has 0 unspecified atom stereocenters. The van der Waals surface area contributed by atoms with Crippen LogP contribution in [0.25, 0.3) is 6.08 Å². The number of hydrogen-bond donors (Lipinski definition) is 1. The van der Waals surface area contributed by atoms with Gasteiger partial charge in [0.1, 0.15) is 10.9 Å². The molecule has 0 radical (unpaired) electrons. The molecule has 0 saturated heterocycles. The van der Waals surface area contributed by atoms with E-state index in [1.54, 1.807) is 12.1 Å². The number of aliphatic imine (C=N–C) groups is 1. The second-order valence-electron chi connectivity index (χ2n) is 7.42. The Balaban J connectivity index is 1.59. The summed E-state index contributed by atoms with van der Waals surface area (Å²) >= 11 is 1.28. The van der Waals surface area contributed by atoms with E-state index in [4.69, 9.17) is 14.9 Å². The van der Waals surface area contributed by atoms with Crippen molar-refractivity contribution >= 4 is 45.8 Å². The Morgan fingerprint density at radius 3 is 2.58 bits per heavy atom. The summed E-state index contributed by atoms with van der Waals surface area (Å²) in [6.07, 6.45) is 1.51. The van der Waals surface area contributed by atoms with E-state index in [-0.39, 0.29) is 34.4 Å². The average Bonchev–Trinajstić information content (AvgIpc) is 3.22. The van der Waals surface area contributed by atoms with Crippen molar-refractivity contribution in [2.45, 2.75) is 13.8 Å². The first-order valence-electron chi connectivity index (χ1n) is 9.92. The summed E-state index contributed by atoms with van der Waals surface area (Å²) in [4.78, 5) is 29.0. The molecule has 1 N–H and O–H groups in total. The maximum atomic E-state index is 13.1. The Hall–Kier alpha value is -3.79. The first-order valence-corrected chi connectivity index (χ1v) is 10.7. The zero-order valence-electron chi connectivity index (χ0n) is 18.0. The van der Waals surface area contributed by atoms with Crippen LogP contribution in [0.2, 0.25) is 0 Å². The Bertz CT molecular complexity index is 1250. The number of amides is 1. The molecular weight excluding hydrogens is 447 g/mol. The summed E-state index contributed by atoms with van der Waals surface area (Å²) in [5, 5.41) is 15.3. The number of halogens is 1. The van der Waals surface area contributed by atoms with Gasteiger partial charge in [0.25, 0.3) is 5.91 Å². The zero-order chi connectivity index (χ0) is 23.7. The second-order valence-corrected chi connectivity index (χ2v) is 8.41. The molecule has 8 nitrogen and oxygen atoms in total. The molecule has 0 saturated carbocycles. The Labute approximate surface area is 193 Å². The van der Waals surface area contributed by atoms with Crippen LogP contribution >= 0.6 is 11.8 Å². The number of nitrogens with zero attached hydrogens (tertiary/aromatic N) is 3. The molecule has 168 valence electrons. The predicted octanol–water partition coefficient (Wildman–Crippen LogP) is 4.33. The van der Waals surface area contributed by atoms with Gasteiger partial charge >= 0.3 is 5.97 Å². The third kappa shape index (κ3) is 4.56. The molecule has 2 heterocycles. The van der Waals surface area contributed by atoms with Crippen molar-refractivity contribution in [2.75, 3.05) is 7.11 Å². The molecular formula is C23H19FN4O4S. The topological polar surface area (TPSA) is 104 Å². The molecule has 0 spiro atoms. The number of nitrogens with one attached hydrogen (secondary N) is 1. The molecule has 1 amide bonds. The number of carbonyl (C=O) groups is 2. The van der Waals surface area contributed by atoms with Gasteiger partial charge in [0.2, 0.25) is 5.17 Å². The van der Waals surface area contributed by atoms with E-state index in [1.165, 1.54) is 60.3 Å². The van der Waals surface area contributed by atoms with Crippen LogP contribution in [-0.2, 0) is 4.79 Å². The summed E-state index contributed by atoms with van der Waals surface area (Å²) in [6.45, 7) is 3.95. The van der Waals surface area contributed by atoms with Gasteiger partial charge in [-0.3, -0.25) is 10.2 Å². The molecule has 0 fully saturated rings. The van der Waals surface area contributed by atoms with Gasteiger partial charge in [0.15, 0.2) is 17.3 Å². The minimum atomic E-state index is -0.671. The van der Waals surface area contributed by atoms with Gasteiger partial charge in [-0.1, -0.05) is 19.9 Å². The van der Waals surface area contributed by atoms with Crippen LogP contribution in [0, 0.1) is 17.1 Å². The van der Waals surface area contributed by atoms with Crippen LogP contribution in [0.4, 0.5) is 4.39 Å². The van der Waals surface area contributed by atoms with Gasteiger partial charge in [0.05, 0.1) is 18.2 Å². The van der Waals surface area contributed by atoms with E-state index >= 15 is 0 Å². The smallest absolute Gasteiger partial charge is 0.343 e. The minimum absolute atomic E-state index is 0.0704. The quantitative estimate of drug-likeness (QED) is 0.400. The van der Waals surface area contributed by atoms with E-state index in [0.29, 0.717) is 10.7 Å². The summed E-state index contributed by atoms with van der Waals surface area (Å²) < 4.78 is 23.8. The number of hydrogen-bond acceptors (Lipinski definition) is 7. The first kappa shape index (κ1) is 22.4. The largest absolute Gasteiger partial charge is 0.493 e. The lowest BCUT2D eigenvalue weighted by atomic mass is 10.1. The number of rotatable bonds is 5. The third-order valence-corrected chi connectivity index (χ3v) is 5.95. The molecule has 2 aromatic rings. The lowest BCUT2D eigenvalue weighted by Gasteiger charge is -2.20. The van der Waals surface area contributed by atoms with E-state index in [1.807, 2.05) is 13.8 Å². The number of methoxy groups -OCH3 is 1. The van der Waals surface area contributed by atoms with Crippen molar-refractivity contribution < 1.29 is 23.5 Å². The van der Waals surface area contributed by atoms with Crippen molar-refractivity contribution in [3.8, 4) is 11.5 Å². The van der Waals surface area contributed by atoms with Crippen molar-refractivity contribution in [1.29, 1.82) is 5.41 Å². The van der Waals surface area contributed by atoms with Crippen molar-refractivity contribution in [3.05, 3.63) is 65.0 Å². The van der Waals surface area contributed by atoms with Crippen LogP contribution < -0.4 is 9.47 Å². The SMILES string of the molecule is COc1cc(C=C2C(=N)N3N=C(C(C)C)SC3=NC2=O)ccc1OC(=O)c1ccc(F)cc1. The van der Waals surface area contributed by atoms with Crippen LogP contribution in [-0.4, -0.2) is 40.0 Å². The van der Waals surface area contributed by atoms with Gasteiger partial charge in [-0.05, 0) is 59.8 Å². The highest BCUT2D eigenvalue weighted by Gasteiger charge is 2.36. The fourth-order valence-electron chi connectivity index (χ4n) is 3.01. The third-order valence-electron chi connectivity index (χ3n) is 4.75. The second kappa shape index (κ2) is 8.99. The number of thioether (sulfide) groups is 1. The fraction of sp³-hybridized carbons (Fsp3) is 0.174. The first-order chi connectivity index (χ1) is 15.8. The van der Waals surface area contributed by atoms with E-state index in [2.05, 4.69) is 10.1 Å². The summed E-state index contributed by atoms with van der Waals surface area (Å²) in [5.74, 6) is -1.19. The van der Waals surface area contributed by atoms with E-state index < -0.39 is 17.7 Å². The van der Waals surface area contributed by atoms with Gasteiger partial charge in [0, 0.05) is 5.92 Å². The van der Waals surface area contributed by atoms with Crippen molar-refractivity contribution in [2.24, 2.45) is 16.0 Å². The summed E-state index contributed by atoms with van der Waals surface area (Å²) in [7, 11) is 1.41. The van der Waals surface area contributed by atoms with Crippen LogP contribution in [0.1, 0.15) is 29.8 Å². The number of hydrazone groups is 1. The molecule has 33 heavy (non-hydrogen) atoms. The number of fused-ring (bicyclic) bond motifs is 1. The zero-order valence-corrected chi connectivity index (χ0v) is 18.8. The molecule has 0 atom stereocenters. The standard InChI is InChI=1S/C23H19FN4O4S/c1-12(2)21-27-28-19(25)16(20(29)26-23(28)33-21)10-13-4-9-17(18(11-13)31-3)32-22(30)14-5-7-15(24)8-6-14/h4-12,25H,1-3H3. The molecule has 2 aliphatic rings. The number of esters is 1. The molecule has 2 aromatic carbocycles.